The predicted molar refractivity (Wildman–Crippen MR) is 39.7 cm³/mol. The summed E-state index contributed by atoms with van der Waals surface area (Å²) in [5.41, 5.74) is 1.22. The number of aromatic amines is 1. The van der Waals surface area contributed by atoms with Gasteiger partial charge < -0.3 is 15.2 Å². The molecular formula is C7H13NO2. The number of rotatable bonds is 1. The number of aliphatic hydroxyl groups is 2. The van der Waals surface area contributed by atoms with Gasteiger partial charge in [-0.15, -0.1) is 0 Å². The SMILES string of the molecule is Cc1ccc[nH]1.OCCO. The summed E-state index contributed by atoms with van der Waals surface area (Å²) >= 11 is 0. The minimum atomic E-state index is -0.125. The molecule has 0 spiro atoms. The van der Waals surface area contributed by atoms with E-state index >= 15 is 0 Å². The van der Waals surface area contributed by atoms with E-state index in [0.29, 0.717) is 0 Å². The molecule has 3 N–H and O–H groups in total. The highest BCUT2D eigenvalue weighted by molar-refractivity contribution is 4.99. The molecule has 0 aliphatic heterocycles. The summed E-state index contributed by atoms with van der Waals surface area (Å²) in [5.74, 6) is 0. The van der Waals surface area contributed by atoms with Gasteiger partial charge in [0.15, 0.2) is 0 Å². The van der Waals surface area contributed by atoms with Crippen LogP contribution < -0.4 is 0 Å². The lowest BCUT2D eigenvalue weighted by Crippen LogP contribution is -1.85. The van der Waals surface area contributed by atoms with Gasteiger partial charge in [-0.1, -0.05) is 0 Å². The van der Waals surface area contributed by atoms with E-state index in [-0.39, 0.29) is 13.2 Å². The van der Waals surface area contributed by atoms with Crippen LogP contribution in [0.2, 0.25) is 0 Å². The molecule has 1 heterocycles. The van der Waals surface area contributed by atoms with Crippen LogP contribution in [-0.4, -0.2) is 28.4 Å². The minimum absolute atomic E-state index is 0.125. The highest BCUT2D eigenvalue weighted by atomic mass is 16.3. The zero-order valence-electron chi connectivity index (χ0n) is 6.04. The van der Waals surface area contributed by atoms with E-state index in [1.807, 2.05) is 25.3 Å². The summed E-state index contributed by atoms with van der Waals surface area (Å²) in [7, 11) is 0. The fourth-order valence-corrected chi connectivity index (χ4v) is 0.420. The van der Waals surface area contributed by atoms with Crippen molar-refractivity contribution in [2.24, 2.45) is 0 Å². The second kappa shape index (κ2) is 6.32. The Labute approximate surface area is 60.3 Å². The minimum Gasteiger partial charge on any atom is -0.394 e. The standard InChI is InChI=1S/C5H7N.C2H6O2/c1-5-3-2-4-6-5;3-1-2-4/h2-4,6H,1H3;3-4H,1-2H2. The molecule has 0 aliphatic rings. The monoisotopic (exact) mass is 143 g/mol. The molecule has 0 aliphatic carbocycles. The summed E-state index contributed by atoms with van der Waals surface area (Å²) in [6, 6.07) is 4.01. The second-order valence-corrected chi connectivity index (χ2v) is 1.80. The number of aromatic nitrogens is 1. The molecule has 0 bridgehead atoms. The quantitative estimate of drug-likeness (QED) is 0.529. The van der Waals surface area contributed by atoms with E-state index in [0.717, 1.165) is 0 Å². The summed E-state index contributed by atoms with van der Waals surface area (Å²) in [6.07, 6.45) is 1.91. The van der Waals surface area contributed by atoms with Crippen LogP contribution in [-0.2, 0) is 0 Å². The molecule has 0 radical (unpaired) electrons. The number of aryl methyl sites for hydroxylation is 1. The largest absolute Gasteiger partial charge is 0.394 e. The van der Waals surface area contributed by atoms with Crippen LogP contribution in [0.4, 0.5) is 0 Å². The Morgan fingerprint density at radius 1 is 1.40 bits per heavy atom. The molecule has 58 valence electrons. The molecule has 3 nitrogen and oxygen atoms in total. The molecule has 0 saturated carbocycles. The van der Waals surface area contributed by atoms with E-state index in [2.05, 4.69) is 4.98 Å². The van der Waals surface area contributed by atoms with Crippen molar-refractivity contribution in [2.75, 3.05) is 13.2 Å². The van der Waals surface area contributed by atoms with E-state index in [1.54, 1.807) is 0 Å². The Morgan fingerprint density at radius 3 is 2.10 bits per heavy atom. The lowest BCUT2D eigenvalue weighted by molar-refractivity contribution is 0.186. The first-order valence-corrected chi connectivity index (χ1v) is 3.13. The highest BCUT2D eigenvalue weighted by Crippen LogP contribution is 1.86. The van der Waals surface area contributed by atoms with E-state index < -0.39 is 0 Å². The summed E-state index contributed by atoms with van der Waals surface area (Å²) in [4.78, 5) is 3.00. The van der Waals surface area contributed by atoms with Crippen molar-refractivity contribution < 1.29 is 10.2 Å². The lowest BCUT2D eigenvalue weighted by Gasteiger charge is -1.70. The van der Waals surface area contributed by atoms with Crippen LogP contribution in [0.5, 0.6) is 0 Å². The van der Waals surface area contributed by atoms with Crippen molar-refractivity contribution in [2.45, 2.75) is 6.92 Å². The maximum Gasteiger partial charge on any atom is 0.0662 e. The van der Waals surface area contributed by atoms with Crippen molar-refractivity contribution in [1.82, 2.24) is 4.98 Å². The zero-order chi connectivity index (χ0) is 7.82. The van der Waals surface area contributed by atoms with Crippen molar-refractivity contribution in [3.63, 3.8) is 0 Å². The predicted octanol–water partition coefficient (Wildman–Crippen LogP) is 0.294. The molecule has 10 heavy (non-hydrogen) atoms. The van der Waals surface area contributed by atoms with Gasteiger partial charge in [0.05, 0.1) is 13.2 Å². The number of hydrogen-bond acceptors (Lipinski definition) is 2. The number of hydrogen-bond donors (Lipinski definition) is 3. The van der Waals surface area contributed by atoms with Gasteiger partial charge in [-0.05, 0) is 19.1 Å². The van der Waals surface area contributed by atoms with E-state index in [4.69, 9.17) is 10.2 Å². The topological polar surface area (TPSA) is 56.2 Å². The number of nitrogens with one attached hydrogen (secondary N) is 1. The average Bonchev–Trinajstić information content (AvgIpc) is 2.40. The fourth-order valence-electron chi connectivity index (χ4n) is 0.420. The van der Waals surface area contributed by atoms with E-state index in [1.165, 1.54) is 5.69 Å². The number of aliphatic hydroxyl groups excluding tert-OH is 2. The second-order valence-electron chi connectivity index (χ2n) is 1.80. The van der Waals surface area contributed by atoms with Gasteiger partial charge >= 0.3 is 0 Å². The van der Waals surface area contributed by atoms with E-state index in [9.17, 15) is 0 Å². The first-order chi connectivity index (χ1) is 4.81. The van der Waals surface area contributed by atoms with Gasteiger partial charge in [0.25, 0.3) is 0 Å². The molecule has 1 aromatic heterocycles. The van der Waals surface area contributed by atoms with Gasteiger partial charge in [-0.25, -0.2) is 0 Å². The van der Waals surface area contributed by atoms with Crippen molar-refractivity contribution in [3.05, 3.63) is 24.0 Å². The molecule has 1 aromatic rings. The van der Waals surface area contributed by atoms with Crippen LogP contribution >= 0.6 is 0 Å². The maximum atomic E-state index is 7.62. The lowest BCUT2D eigenvalue weighted by atomic mass is 10.5. The summed E-state index contributed by atoms with van der Waals surface area (Å²) in [6.45, 7) is 1.78. The Morgan fingerprint density at radius 2 is 2.00 bits per heavy atom. The first-order valence-electron chi connectivity index (χ1n) is 3.13. The van der Waals surface area contributed by atoms with Gasteiger partial charge in [-0.2, -0.15) is 0 Å². The maximum absolute atomic E-state index is 7.62. The molecule has 0 saturated heterocycles. The fraction of sp³-hybridized carbons (Fsp3) is 0.429. The van der Waals surface area contributed by atoms with Crippen LogP contribution in [0.1, 0.15) is 5.69 Å². The van der Waals surface area contributed by atoms with Crippen LogP contribution in [0, 0.1) is 6.92 Å². The van der Waals surface area contributed by atoms with Gasteiger partial charge in [0.1, 0.15) is 0 Å². The molecule has 1 rings (SSSR count). The Hall–Kier alpha value is -0.800. The van der Waals surface area contributed by atoms with Gasteiger partial charge in [0, 0.05) is 11.9 Å². The van der Waals surface area contributed by atoms with Crippen LogP contribution in [0.25, 0.3) is 0 Å². The Kier molecular flexibility index (Phi) is 5.82. The number of H-pyrrole nitrogens is 1. The van der Waals surface area contributed by atoms with Crippen molar-refractivity contribution in [3.8, 4) is 0 Å². The van der Waals surface area contributed by atoms with Crippen LogP contribution in [0.3, 0.4) is 0 Å². The molecule has 0 aromatic carbocycles. The molecule has 3 heteroatoms. The molecule has 0 amide bonds. The highest BCUT2D eigenvalue weighted by Gasteiger charge is 1.72. The van der Waals surface area contributed by atoms with Gasteiger partial charge in [-0.3, -0.25) is 0 Å². The Bertz CT molecular complexity index is 135. The molecule has 0 unspecified atom stereocenters. The smallest absolute Gasteiger partial charge is 0.0662 e. The third-order valence-electron chi connectivity index (χ3n) is 0.853. The van der Waals surface area contributed by atoms with Crippen molar-refractivity contribution >= 4 is 0 Å². The summed E-state index contributed by atoms with van der Waals surface area (Å²) < 4.78 is 0. The first kappa shape index (κ1) is 9.20. The molecular weight excluding hydrogens is 130 g/mol. The Balaban J connectivity index is 0.000000180. The molecule has 0 atom stereocenters. The normalized spacial score (nSPS) is 8.30. The van der Waals surface area contributed by atoms with Crippen molar-refractivity contribution in [1.29, 1.82) is 0 Å². The summed E-state index contributed by atoms with van der Waals surface area (Å²) in [5, 5.41) is 15.2. The van der Waals surface area contributed by atoms with Gasteiger partial charge in [0.2, 0.25) is 0 Å². The average molecular weight is 143 g/mol. The van der Waals surface area contributed by atoms with Crippen LogP contribution in [0.15, 0.2) is 18.3 Å². The molecule has 0 fully saturated rings. The third-order valence-corrected chi connectivity index (χ3v) is 0.853. The third kappa shape index (κ3) is 5.34. The zero-order valence-corrected chi connectivity index (χ0v) is 6.04.